The van der Waals surface area contributed by atoms with Crippen LogP contribution in [0.25, 0.3) is 5.69 Å². The fourth-order valence-corrected chi connectivity index (χ4v) is 4.04. The molecule has 8 nitrogen and oxygen atoms in total. The van der Waals surface area contributed by atoms with E-state index < -0.39 is 5.25 Å². The smallest absolute Gasteiger partial charge is 0.319 e. The Balaban J connectivity index is 1.89. The normalized spacial score (nSPS) is 11.7. The standard InChI is InChI=1S/C24H28N4O4S/c1-6-32-23(30)17(4)33-24-27-26-21(28(24)20-13-15(2)7-8-16(20)3)14-25-22(29)18-9-11-19(31-5)12-10-18/h7-13,17H,6,14H2,1-5H3,(H,25,29)/t17-/m1/s1. The van der Waals surface area contributed by atoms with Crippen LogP contribution in [0.5, 0.6) is 5.75 Å². The van der Waals surface area contributed by atoms with Crippen molar-refractivity contribution in [2.75, 3.05) is 13.7 Å². The zero-order valence-corrected chi connectivity index (χ0v) is 20.2. The van der Waals surface area contributed by atoms with Gasteiger partial charge in [-0.1, -0.05) is 23.9 Å². The molecule has 1 amide bonds. The predicted octanol–water partition coefficient (Wildman–Crippen LogP) is 3.87. The molecule has 0 spiro atoms. The molecule has 0 saturated heterocycles. The maximum atomic E-state index is 12.7. The van der Waals surface area contributed by atoms with E-state index in [4.69, 9.17) is 9.47 Å². The number of amides is 1. The molecule has 3 rings (SSSR count). The van der Waals surface area contributed by atoms with Crippen LogP contribution in [-0.2, 0) is 16.1 Å². The van der Waals surface area contributed by atoms with Crippen LogP contribution in [0.3, 0.4) is 0 Å². The van der Waals surface area contributed by atoms with Gasteiger partial charge in [-0.05, 0) is 69.2 Å². The number of hydrogen-bond donors (Lipinski definition) is 1. The van der Waals surface area contributed by atoms with E-state index in [-0.39, 0.29) is 18.4 Å². The summed E-state index contributed by atoms with van der Waals surface area (Å²) in [6.45, 7) is 8.03. The van der Waals surface area contributed by atoms with Crippen molar-refractivity contribution in [2.45, 2.75) is 44.6 Å². The van der Waals surface area contributed by atoms with Crippen molar-refractivity contribution in [1.29, 1.82) is 0 Å². The summed E-state index contributed by atoms with van der Waals surface area (Å²) >= 11 is 1.27. The second kappa shape index (κ2) is 11.0. The van der Waals surface area contributed by atoms with E-state index in [9.17, 15) is 9.59 Å². The van der Waals surface area contributed by atoms with E-state index in [1.54, 1.807) is 45.2 Å². The van der Waals surface area contributed by atoms with Crippen LogP contribution in [0, 0.1) is 13.8 Å². The Morgan fingerprint density at radius 3 is 2.52 bits per heavy atom. The first kappa shape index (κ1) is 24.3. The quantitative estimate of drug-likeness (QED) is 0.376. The van der Waals surface area contributed by atoms with E-state index in [1.165, 1.54) is 11.8 Å². The summed E-state index contributed by atoms with van der Waals surface area (Å²) in [7, 11) is 1.58. The first-order chi connectivity index (χ1) is 15.8. The van der Waals surface area contributed by atoms with Crippen LogP contribution in [0.4, 0.5) is 0 Å². The average Bonchev–Trinajstić information content (AvgIpc) is 3.21. The summed E-state index contributed by atoms with van der Waals surface area (Å²) in [5, 5.41) is 11.6. The fraction of sp³-hybridized carbons (Fsp3) is 0.333. The molecule has 0 bridgehead atoms. The third kappa shape index (κ3) is 5.92. The van der Waals surface area contributed by atoms with Gasteiger partial charge in [0, 0.05) is 5.56 Å². The van der Waals surface area contributed by atoms with E-state index in [0.717, 1.165) is 16.8 Å². The molecule has 0 radical (unpaired) electrons. The van der Waals surface area contributed by atoms with Crippen LogP contribution >= 0.6 is 11.8 Å². The highest BCUT2D eigenvalue weighted by molar-refractivity contribution is 8.00. The summed E-state index contributed by atoms with van der Waals surface area (Å²) in [6, 6.07) is 13.0. The van der Waals surface area contributed by atoms with Gasteiger partial charge in [-0.25, -0.2) is 0 Å². The zero-order valence-electron chi connectivity index (χ0n) is 19.4. The van der Waals surface area contributed by atoms with Crippen LogP contribution in [0.2, 0.25) is 0 Å². The molecule has 1 aromatic heterocycles. The minimum Gasteiger partial charge on any atom is -0.497 e. The fourth-order valence-electron chi connectivity index (χ4n) is 3.16. The summed E-state index contributed by atoms with van der Waals surface area (Å²) < 4.78 is 12.2. The number of carbonyl (C=O) groups excluding carboxylic acids is 2. The average molecular weight is 469 g/mol. The molecule has 9 heteroatoms. The second-order valence-corrected chi connectivity index (χ2v) is 8.76. The Morgan fingerprint density at radius 1 is 1.12 bits per heavy atom. The topological polar surface area (TPSA) is 95.3 Å². The lowest BCUT2D eigenvalue weighted by molar-refractivity contribution is -0.142. The second-order valence-electron chi connectivity index (χ2n) is 7.45. The van der Waals surface area contributed by atoms with Crippen LogP contribution in [0.15, 0.2) is 47.6 Å². The molecule has 0 aliphatic rings. The molecule has 1 heterocycles. The molecular formula is C24H28N4O4S. The Morgan fingerprint density at radius 2 is 1.85 bits per heavy atom. The highest BCUT2D eigenvalue weighted by Gasteiger charge is 2.23. The number of nitrogens with one attached hydrogen (secondary N) is 1. The van der Waals surface area contributed by atoms with Crippen molar-refractivity contribution in [3.05, 3.63) is 65.0 Å². The molecule has 3 aromatic rings. The minimum absolute atomic E-state index is 0.166. The highest BCUT2D eigenvalue weighted by atomic mass is 32.2. The number of aryl methyl sites for hydroxylation is 2. The van der Waals surface area contributed by atoms with E-state index in [1.807, 2.05) is 36.6 Å². The van der Waals surface area contributed by atoms with Gasteiger partial charge in [0.1, 0.15) is 11.0 Å². The monoisotopic (exact) mass is 468 g/mol. The lowest BCUT2D eigenvalue weighted by Gasteiger charge is -2.15. The molecule has 1 atom stereocenters. The van der Waals surface area contributed by atoms with Gasteiger partial charge in [-0.3, -0.25) is 14.2 Å². The van der Waals surface area contributed by atoms with Gasteiger partial charge in [0.15, 0.2) is 11.0 Å². The molecule has 0 aliphatic heterocycles. The summed E-state index contributed by atoms with van der Waals surface area (Å²) in [6.07, 6.45) is 0. The first-order valence-corrected chi connectivity index (χ1v) is 11.5. The molecule has 1 N–H and O–H groups in total. The van der Waals surface area contributed by atoms with E-state index in [0.29, 0.717) is 28.9 Å². The molecule has 174 valence electrons. The Hall–Kier alpha value is -3.33. The van der Waals surface area contributed by atoms with Gasteiger partial charge >= 0.3 is 5.97 Å². The van der Waals surface area contributed by atoms with Crippen molar-refractivity contribution in [3.8, 4) is 11.4 Å². The van der Waals surface area contributed by atoms with Crippen molar-refractivity contribution in [3.63, 3.8) is 0 Å². The number of benzene rings is 2. The largest absolute Gasteiger partial charge is 0.497 e. The molecule has 2 aromatic carbocycles. The number of ether oxygens (including phenoxy) is 2. The molecular weight excluding hydrogens is 440 g/mol. The third-order valence-electron chi connectivity index (χ3n) is 4.97. The predicted molar refractivity (Wildman–Crippen MR) is 127 cm³/mol. The summed E-state index contributed by atoms with van der Waals surface area (Å²) in [5.41, 5.74) is 3.51. The lowest BCUT2D eigenvalue weighted by atomic mass is 10.1. The van der Waals surface area contributed by atoms with Crippen molar-refractivity contribution in [1.82, 2.24) is 20.1 Å². The first-order valence-electron chi connectivity index (χ1n) is 10.6. The van der Waals surface area contributed by atoms with Crippen LogP contribution < -0.4 is 10.1 Å². The highest BCUT2D eigenvalue weighted by Crippen LogP contribution is 2.28. The van der Waals surface area contributed by atoms with Crippen LogP contribution in [0.1, 0.15) is 41.2 Å². The zero-order chi connectivity index (χ0) is 24.0. The number of esters is 1. The number of carbonyl (C=O) groups is 2. The van der Waals surface area contributed by atoms with Crippen LogP contribution in [-0.4, -0.2) is 45.6 Å². The van der Waals surface area contributed by atoms with E-state index >= 15 is 0 Å². The van der Waals surface area contributed by atoms with Gasteiger partial charge in [0.25, 0.3) is 5.91 Å². The number of nitrogens with zero attached hydrogens (tertiary/aromatic N) is 3. The molecule has 0 saturated carbocycles. The lowest BCUT2D eigenvalue weighted by Crippen LogP contribution is -2.25. The number of hydrogen-bond acceptors (Lipinski definition) is 7. The summed E-state index contributed by atoms with van der Waals surface area (Å²) in [4.78, 5) is 24.8. The third-order valence-corrected chi connectivity index (χ3v) is 5.99. The number of aromatic nitrogens is 3. The molecule has 0 fully saturated rings. The van der Waals surface area contributed by atoms with Crippen molar-refractivity contribution in [2.24, 2.45) is 0 Å². The molecule has 33 heavy (non-hydrogen) atoms. The number of thioether (sulfide) groups is 1. The van der Waals surface area contributed by atoms with Gasteiger partial charge in [0.2, 0.25) is 0 Å². The van der Waals surface area contributed by atoms with Crippen molar-refractivity contribution < 1.29 is 19.1 Å². The Kier molecular flexibility index (Phi) is 8.11. The van der Waals surface area contributed by atoms with E-state index in [2.05, 4.69) is 15.5 Å². The van der Waals surface area contributed by atoms with Gasteiger partial charge in [0.05, 0.1) is 25.9 Å². The minimum atomic E-state index is -0.459. The van der Waals surface area contributed by atoms with Crippen molar-refractivity contribution >= 4 is 23.6 Å². The Labute approximate surface area is 197 Å². The SMILES string of the molecule is CCOC(=O)[C@@H](C)Sc1nnc(CNC(=O)c2ccc(OC)cc2)n1-c1cc(C)ccc1C. The molecule has 0 aliphatic carbocycles. The van der Waals surface area contributed by atoms with Gasteiger partial charge < -0.3 is 14.8 Å². The van der Waals surface area contributed by atoms with Gasteiger partial charge in [-0.2, -0.15) is 0 Å². The molecule has 0 unspecified atom stereocenters. The maximum Gasteiger partial charge on any atom is 0.319 e. The van der Waals surface area contributed by atoms with Gasteiger partial charge in [-0.15, -0.1) is 10.2 Å². The Bertz CT molecular complexity index is 1130. The summed E-state index contributed by atoms with van der Waals surface area (Å²) in [5.74, 6) is 0.692. The number of rotatable bonds is 9. The number of methoxy groups -OCH3 is 1. The maximum absolute atomic E-state index is 12.7.